The second kappa shape index (κ2) is 4.60. The van der Waals surface area contributed by atoms with Gasteiger partial charge >= 0.3 is 0 Å². The Morgan fingerprint density at radius 2 is 2.06 bits per heavy atom. The lowest BCUT2D eigenvalue weighted by Gasteiger charge is -2.42. The minimum Gasteiger partial charge on any atom is -0.327 e. The summed E-state index contributed by atoms with van der Waals surface area (Å²) >= 11 is 0. The van der Waals surface area contributed by atoms with Gasteiger partial charge in [-0.2, -0.15) is 17.0 Å². The van der Waals surface area contributed by atoms with Gasteiger partial charge < -0.3 is 5.73 Å². The van der Waals surface area contributed by atoms with Gasteiger partial charge in [0.25, 0.3) is 10.2 Å². The second-order valence-electron chi connectivity index (χ2n) is 5.14. The molecule has 1 unspecified atom stereocenters. The molecule has 0 aliphatic carbocycles. The van der Waals surface area contributed by atoms with E-state index in [2.05, 4.69) is 0 Å². The maximum absolute atomic E-state index is 12.1. The van der Waals surface area contributed by atoms with Crippen molar-refractivity contribution in [1.29, 1.82) is 0 Å². The summed E-state index contributed by atoms with van der Waals surface area (Å²) in [5, 5.41) is 0. The summed E-state index contributed by atoms with van der Waals surface area (Å²) in [5.41, 5.74) is 5.84. The highest BCUT2D eigenvalue weighted by Crippen LogP contribution is 2.29. The van der Waals surface area contributed by atoms with E-state index in [4.69, 9.17) is 5.73 Å². The number of hydrogen-bond acceptors (Lipinski definition) is 3. The van der Waals surface area contributed by atoms with Gasteiger partial charge in [0.05, 0.1) is 0 Å². The normalized spacial score (nSPS) is 27.2. The van der Waals surface area contributed by atoms with Gasteiger partial charge in [-0.25, -0.2) is 0 Å². The molecule has 1 rings (SSSR count). The highest BCUT2D eigenvalue weighted by Gasteiger charge is 2.39. The molecule has 0 aromatic carbocycles. The van der Waals surface area contributed by atoms with Gasteiger partial charge in [-0.1, -0.05) is 20.8 Å². The topological polar surface area (TPSA) is 66.6 Å². The lowest BCUT2D eigenvalue weighted by molar-refractivity contribution is 0.150. The van der Waals surface area contributed by atoms with Crippen LogP contribution in [0.5, 0.6) is 0 Å². The summed E-state index contributed by atoms with van der Waals surface area (Å²) < 4.78 is 27.2. The van der Waals surface area contributed by atoms with Crippen molar-refractivity contribution in [3.8, 4) is 0 Å². The Morgan fingerprint density at radius 3 is 2.50 bits per heavy atom. The average Bonchev–Trinajstić information content (AvgIpc) is 2.20. The highest BCUT2D eigenvalue weighted by atomic mass is 32.2. The Bertz CT molecular complexity index is 340. The van der Waals surface area contributed by atoms with E-state index in [-0.39, 0.29) is 11.5 Å². The summed E-state index contributed by atoms with van der Waals surface area (Å²) in [7, 11) is -1.69. The Kier molecular flexibility index (Phi) is 3.99. The molecule has 0 saturated carbocycles. The van der Waals surface area contributed by atoms with Crippen molar-refractivity contribution in [2.45, 2.75) is 33.2 Å². The largest absolute Gasteiger partial charge is 0.327 e. The lowest BCUT2D eigenvalue weighted by Crippen LogP contribution is -2.56. The zero-order valence-corrected chi connectivity index (χ0v) is 11.4. The first-order chi connectivity index (χ1) is 7.21. The molecule has 5 nitrogen and oxygen atoms in total. The fourth-order valence-corrected chi connectivity index (χ4v) is 3.43. The quantitative estimate of drug-likeness (QED) is 0.779. The predicted molar refractivity (Wildman–Crippen MR) is 65.2 cm³/mol. The number of nitrogens with two attached hydrogens (primary N) is 1. The zero-order chi connectivity index (χ0) is 12.6. The number of piperidine rings is 1. The summed E-state index contributed by atoms with van der Waals surface area (Å²) in [4.78, 5) is 0. The van der Waals surface area contributed by atoms with Gasteiger partial charge in [0.2, 0.25) is 0 Å². The molecule has 0 spiro atoms. The molecular formula is C10H23N3O2S. The van der Waals surface area contributed by atoms with E-state index in [1.807, 2.05) is 20.8 Å². The van der Waals surface area contributed by atoms with E-state index in [0.717, 1.165) is 6.42 Å². The Hall–Kier alpha value is -0.170. The van der Waals surface area contributed by atoms with E-state index in [9.17, 15) is 8.42 Å². The van der Waals surface area contributed by atoms with Gasteiger partial charge in [-0.05, 0) is 11.8 Å². The second-order valence-corrected chi connectivity index (χ2v) is 7.17. The summed E-state index contributed by atoms with van der Waals surface area (Å²) in [6.07, 6.45) is 0.726. The molecule has 2 N–H and O–H groups in total. The number of rotatable bonds is 3. The van der Waals surface area contributed by atoms with Crippen molar-refractivity contribution < 1.29 is 8.42 Å². The molecule has 16 heavy (non-hydrogen) atoms. The zero-order valence-electron chi connectivity index (χ0n) is 10.6. The Morgan fingerprint density at radius 1 is 1.50 bits per heavy atom. The van der Waals surface area contributed by atoms with E-state index < -0.39 is 10.2 Å². The van der Waals surface area contributed by atoms with Crippen LogP contribution in [0.1, 0.15) is 27.2 Å². The van der Waals surface area contributed by atoms with E-state index in [1.54, 1.807) is 11.4 Å². The minimum absolute atomic E-state index is 0.0749. The van der Waals surface area contributed by atoms with Crippen molar-refractivity contribution >= 4 is 10.2 Å². The molecule has 1 saturated heterocycles. The fourth-order valence-electron chi connectivity index (χ4n) is 1.88. The third-order valence-corrected chi connectivity index (χ3v) is 5.45. The van der Waals surface area contributed by atoms with Crippen molar-refractivity contribution in [3.05, 3.63) is 0 Å². The molecule has 1 fully saturated rings. The molecule has 0 bridgehead atoms. The van der Waals surface area contributed by atoms with Crippen molar-refractivity contribution in [1.82, 2.24) is 8.61 Å². The molecule has 96 valence electrons. The van der Waals surface area contributed by atoms with Crippen LogP contribution in [-0.2, 0) is 10.2 Å². The molecule has 0 aromatic rings. The molecule has 1 atom stereocenters. The van der Waals surface area contributed by atoms with Crippen molar-refractivity contribution in [2.24, 2.45) is 11.1 Å². The van der Waals surface area contributed by atoms with Crippen molar-refractivity contribution in [2.75, 3.05) is 26.7 Å². The van der Waals surface area contributed by atoms with Crippen molar-refractivity contribution in [3.63, 3.8) is 0 Å². The van der Waals surface area contributed by atoms with E-state index >= 15 is 0 Å². The molecule has 0 radical (unpaired) electrons. The minimum atomic E-state index is -3.30. The molecule has 1 heterocycles. The van der Waals surface area contributed by atoms with Crippen LogP contribution < -0.4 is 5.73 Å². The van der Waals surface area contributed by atoms with Crippen LogP contribution in [-0.4, -0.2) is 49.8 Å². The van der Waals surface area contributed by atoms with Gasteiger partial charge in [0, 0.05) is 32.7 Å². The highest BCUT2D eigenvalue weighted by molar-refractivity contribution is 7.86. The average molecular weight is 249 g/mol. The smallest absolute Gasteiger partial charge is 0.281 e. The molecule has 6 heteroatoms. The van der Waals surface area contributed by atoms with Gasteiger partial charge in [-0.3, -0.25) is 0 Å². The Labute approximate surface area is 98.8 Å². The van der Waals surface area contributed by atoms with Gasteiger partial charge in [0.1, 0.15) is 0 Å². The summed E-state index contributed by atoms with van der Waals surface area (Å²) in [6, 6.07) is 0.0749. The molecule has 0 amide bonds. The summed E-state index contributed by atoms with van der Waals surface area (Å²) in [5.74, 6) is 0. The molecule has 1 aliphatic rings. The fraction of sp³-hybridized carbons (Fsp3) is 1.00. The van der Waals surface area contributed by atoms with Crippen LogP contribution in [0, 0.1) is 5.41 Å². The first kappa shape index (κ1) is 13.9. The standard InChI is InChI=1S/C10H23N3O2S/c1-5-12(4)16(14,15)13-7-6-9(11)10(2,3)8-13/h9H,5-8,11H2,1-4H3. The first-order valence-corrected chi connectivity index (χ1v) is 7.08. The van der Waals surface area contributed by atoms with E-state index in [0.29, 0.717) is 19.6 Å². The van der Waals surface area contributed by atoms with Crippen LogP contribution in [0.15, 0.2) is 0 Å². The van der Waals surface area contributed by atoms with Crippen LogP contribution >= 0.6 is 0 Å². The van der Waals surface area contributed by atoms with Crippen LogP contribution in [0.3, 0.4) is 0 Å². The van der Waals surface area contributed by atoms with Crippen LogP contribution in [0.25, 0.3) is 0 Å². The number of hydrogen-bond donors (Lipinski definition) is 1. The monoisotopic (exact) mass is 249 g/mol. The predicted octanol–water partition coefficient (Wildman–Crippen LogP) is 0.242. The third-order valence-electron chi connectivity index (χ3n) is 3.44. The lowest BCUT2D eigenvalue weighted by atomic mass is 9.81. The van der Waals surface area contributed by atoms with Gasteiger partial charge in [-0.15, -0.1) is 0 Å². The molecule has 0 aromatic heterocycles. The van der Waals surface area contributed by atoms with Gasteiger partial charge in [0.15, 0.2) is 0 Å². The van der Waals surface area contributed by atoms with E-state index in [1.165, 1.54) is 4.31 Å². The van der Waals surface area contributed by atoms with Crippen LogP contribution in [0.4, 0.5) is 0 Å². The molecular weight excluding hydrogens is 226 g/mol. The third kappa shape index (κ3) is 2.56. The van der Waals surface area contributed by atoms with Crippen LogP contribution in [0.2, 0.25) is 0 Å². The maximum atomic E-state index is 12.1. The maximum Gasteiger partial charge on any atom is 0.281 e. The summed E-state index contributed by atoms with van der Waals surface area (Å²) in [6.45, 7) is 7.39. The molecule has 1 aliphatic heterocycles. The number of nitrogens with zero attached hydrogens (tertiary/aromatic N) is 2. The SMILES string of the molecule is CCN(C)S(=O)(=O)N1CCC(N)C(C)(C)C1. The first-order valence-electron chi connectivity index (χ1n) is 5.69. The Balaban J connectivity index is 2.85.